The first-order valence-electron chi connectivity index (χ1n) is 8.46. The number of hydrogen-bond acceptors (Lipinski definition) is 6. The van der Waals surface area contributed by atoms with E-state index in [4.69, 9.17) is 14.2 Å². The molecule has 3 rings (SSSR count). The second-order valence-electron chi connectivity index (χ2n) is 5.79. The van der Waals surface area contributed by atoms with Crippen molar-refractivity contribution < 1.29 is 19.0 Å². The minimum atomic E-state index is -0.263. The van der Waals surface area contributed by atoms with Crippen molar-refractivity contribution in [1.82, 2.24) is 9.78 Å². The third-order valence-corrected chi connectivity index (χ3v) is 4.73. The number of methoxy groups -OCH3 is 3. The Kier molecular flexibility index (Phi) is 6.33. The maximum atomic E-state index is 12.3. The van der Waals surface area contributed by atoms with Gasteiger partial charge < -0.3 is 19.5 Å². The van der Waals surface area contributed by atoms with Gasteiger partial charge in [0, 0.05) is 12.1 Å². The number of ether oxygens (including phenoxy) is 3. The molecule has 0 aliphatic carbocycles. The van der Waals surface area contributed by atoms with Gasteiger partial charge in [0.1, 0.15) is 5.82 Å². The Balaban J connectivity index is 1.72. The third-order valence-electron chi connectivity index (χ3n) is 3.99. The van der Waals surface area contributed by atoms with Crippen LogP contribution in [0, 0.1) is 0 Å². The quantitative estimate of drug-likeness (QED) is 0.585. The van der Waals surface area contributed by atoms with Crippen LogP contribution in [0.25, 0.3) is 6.08 Å². The maximum Gasteiger partial charge on any atom is 0.249 e. The van der Waals surface area contributed by atoms with Crippen molar-refractivity contribution in [3.63, 3.8) is 0 Å². The number of rotatable bonds is 8. The van der Waals surface area contributed by atoms with Gasteiger partial charge in [-0.25, -0.2) is 4.68 Å². The zero-order chi connectivity index (χ0) is 19.9. The zero-order valence-electron chi connectivity index (χ0n) is 15.8. The summed E-state index contributed by atoms with van der Waals surface area (Å²) in [5, 5.41) is 11.2. The Morgan fingerprint density at radius 1 is 1.18 bits per heavy atom. The Morgan fingerprint density at radius 2 is 1.93 bits per heavy atom. The van der Waals surface area contributed by atoms with Gasteiger partial charge in [0.25, 0.3) is 0 Å². The maximum absolute atomic E-state index is 12.3. The van der Waals surface area contributed by atoms with E-state index >= 15 is 0 Å². The van der Waals surface area contributed by atoms with Crippen molar-refractivity contribution in [3.05, 3.63) is 58.4 Å². The van der Waals surface area contributed by atoms with Crippen LogP contribution in [0.1, 0.15) is 11.1 Å². The molecule has 0 saturated heterocycles. The molecular formula is C20H21N3O4S. The van der Waals surface area contributed by atoms with E-state index in [1.807, 2.05) is 11.4 Å². The van der Waals surface area contributed by atoms with Crippen LogP contribution in [-0.4, -0.2) is 37.0 Å². The molecule has 0 bridgehead atoms. The standard InChI is InChI=1S/C20H21N3O4S/c1-25-16-10-14(11-17(26-2)20(16)27-3)4-5-19(24)22-18-6-8-21-23(18)12-15-7-9-28-13-15/h4-11,13H,12H2,1-3H3,(H,22,24)/b5-4+. The number of thiophene rings is 1. The van der Waals surface area contributed by atoms with Crippen LogP contribution in [0.2, 0.25) is 0 Å². The van der Waals surface area contributed by atoms with Crippen LogP contribution < -0.4 is 19.5 Å². The number of benzene rings is 1. The highest BCUT2D eigenvalue weighted by Gasteiger charge is 2.12. The van der Waals surface area contributed by atoms with Crippen molar-refractivity contribution in [2.75, 3.05) is 26.6 Å². The molecule has 146 valence electrons. The van der Waals surface area contributed by atoms with Crippen LogP contribution >= 0.6 is 11.3 Å². The van der Waals surface area contributed by atoms with E-state index in [1.165, 1.54) is 6.08 Å². The summed E-state index contributed by atoms with van der Waals surface area (Å²) in [5.74, 6) is 1.92. The highest BCUT2D eigenvalue weighted by molar-refractivity contribution is 7.07. The Hall–Kier alpha value is -3.26. The molecule has 0 aliphatic heterocycles. The SMILES string of the molecule is COc1cc(/C=C/C(=O)Nc2ccnn2Cc2ccsc2)cc(OC)c1OC. The molecule has 2 aromatic heterocycles. The lowest BCUT2D eigenvalue weighted by atomic mass is 10.1. The Labute approximate surface area is 167 Å². The molecule has 1 aromatic carbocycles. The zero-order valence-corrected chi connectivity index (χ0v) is 16.7. The van der Waals surface area contributed by atoms with Gasteiger partial charge in [-0.1, -0.05) is 0 Å². The van der Waals surface area contributed by atoms with Crippen molar-refractivity contribution in [1.29, 1.82) is 0 Å². The van der Waals surface area contributed by atoms with Gasteiger partial charge in [-0.2, -0.15) is 16.4 Å². The summed E-state index contributed by atoms with van der Waals surface area (Å²) in [6.45, 7) is 0.600. The second-order valence-corrected chi connectivity index (χ2v) is 6.57. The van der Waals surface area contributed by atoms with E-state index in [0.29, 0.717) is 29.6 Å². The molecule has 0 aliphatic rings. The van der Waals surface area contributed by atoms with E-state index in [0.717, 1.165) is 11.1 Å². The summed E-state index contributed by atoms with van der Waals surface area (Å²) in [4.78, 5) is 12.3. The van der Waals surface area contributed by atoms with Crippen molar-refractivity contribution in [3.8, 4) is 17.2 Å². The van der Waals surface area contributed by atoms with E-state index in [-0.39, 0.29) is 5.91 Å². The highest BCUT2D eigenvalue weighted by Crippen LogP contribution is 2.38. The number of nitrogens with one attached hydrogen (secondary N) is 1. The minimum absolute atomic E-state index is 0.263. The summed E-state index contributed by atoms with van der Waals surface area (Å²) < 4.78 is 17.7. The van der Waals surface area contributed by atoms with Gasteiger partial charge in [0.05, 0.1) is 34.1 Å². The van der Waals surface area contributed by atoms with Crippen LogP contribution in [0.5, 0.6) is 17.2 Å². The fourth-order valence-corrected chi connectivity index (χ4v) is 3.32. The third kappa shape index (κ3) is 4.52. The average Bonchev–Trinajstić information content (AvgIpc) is 3.38. The molecule has 7 nitrogen and oxygen atoms in total. The van der Waals surface area contributed by atoms with E-state index in [9.17, 15) is 4.79 Å². The molecule has 0 saturated carbocycles. The number of hydrogen-bond donors (Lipinski definition) is 1. The Morgan fingerprint density at radius 3 is 2.54 bits per heavy atom. The van der Waals surface area contributed by atoms with E-state index < -0.39 is 0 Å². The molecular weight excluding hydrogens is 378 g/mol. The molecule has 1 amide bonds. The van der Waals surface area contributed by atoms with Gasteiger partial charge in [0.15, 0.2) is 11.5 Å². The van der Waals surface area contributed by atoms with Gasteiger partial charge in [0.2, 0.25) is 11.7 Å². The summed E-state index contributed by atoms with van der Waals surface area (Å²) in [7, 11) is 4.64. The topological polar surface area (TPSA) is 74.6 Å². The monoisotopic (exact) mass is 399 g/mol. The van der Waals surface area contributed by atoms with Gasteiger partial charge in [-0.15, -0.1) is 0 Å². The minimum Gasteiger partial charge on any atom is -0.493 e. The van der Waals surface area contributed by atoms with Gasteiger partial charge in [-0.3, -0.25) is 4.79 Å². The normalized spacial score (nSPS) is 10.8. The van der Waals surface area contributed by atoms with E-state index in [1.54, 1.807) is 67.8 Å². The lowest BCUT2D eigenvalue weighted by Crippen LogP contribution is -2.13. The lowest BCUT2D eigenvalue weighted by molar-refractivity contribution is -0.111. The molecule has 2 heterocycles. The number of carbonyl (C=O) groups is 1. The van der Waals surface area contributed by atoms with Crippen molar-refractivity contribution in [2.45, 2.75) is 6.54 Å². The fourth-order valence-electron chi connectivity index (χ4n) is 2.66. The number of aromatic nitrogens is 2. The summed E-state index contributed by atoms with van der Waals surface area (Å²) in [6.07, 6.45) is 4.78. The van der Waals surface area contributed by atoms with Crippen molar-refractivity contribution in [2.24, 2.45) is 0 Å². The number of carbonyl (C=O) groups excluding carboxylic acids is 1. The molecule has 3 aromatic rings. The van der Waals surface area contributed by atoms with Gasteiger partial charge >= 0.3 is 0 Å². The number of anilines is 1. The number of amides is 1. The first-order chi connectivity index (χ1) is 13.6. The summed E-state index contributed by atoms with van der Waals surface area (Å²) in [6, 6.07) is 7.33. The average molecular weight is 399 g/mol. The molecule has 0 fully saturated rings. The van der Waals surface area contributed by atoms with Crippen LogP contribution in [0.4, 0.5) is 5.82 Å². The molecule has 8 heteroatoms. The predicted octanol–water partition coefficient (Wildman–Crippen LogP) is 3.67. The summed E-state index contributed by atoms with van der Waals surface area (Å²) in [5.41, 5.74) is 1.88. The van der Waals surface area contributed by atoms with Crippen LogP contribution in [0.3, 0.4) is 0 Å². The largest absolute Gasteiger partial charge is 0.493 e. The molecule has 0 unspecified atom stereocenters. The molecule has 0 radical (unpaired) electrons. The smallest absolute Gasteiger partial charge is 0.249 e. The number of nitrogens with zero attached hydrogens (tertiary/aromatic N) is 2. The lowest BCUT2D eigenvalue weighted by Gasteiger charge is -2.12. The first-order valence-corrected chi connectivity index (χ1v) is 9.41. The molecule has 1 N–H and O–H groups in total. The van der Waals surface area contributed by atoms with Crippen LogP contribution in [-0.2, 0) is 11.3 Å². The molecule has 0 atom stereocenters. The fraction of sp³-hybridized carbons (Fsp3) is 0.200. The second kappa shape index (κ2) is 9.09. The summed E-state index contributed by atoms with van der Waals surface area (Å²) >= 11 is 1.63. The first kappa shape index (κ1) is 19.5. The van der Waals surface area contributed by atoms with E-state index in [2.05, 4.69) is 15.8 Å². The van der Waals surface area contributed by atoms with Crippen molar-refractivity contribution >= 4 is 29.1 Å². The van der Waals surface area contributed by atoms with Crippen LogP contribution in [0.15, 0.2) is 47.3 Å². The molecule has 0 spiro atoms. The van der Waals surface area contributed by atoms with Gasteiger partial charge in [-0.05, 0) is 46.2 Å². The Bertz CT molecular complexity index is 939. The highest BCUT2D eigenvalue weighted by atomic mass is 32.1. The predicted molar refractivity (Wildman–Crippen MR) is 109 cm³/mol. The molecule has 28 heavy (non-hydrogen) atoms.